The lowest BCUT2D eigenvalue weighted by atomic mass is 9.94. The van der Waals surface area contributed by atoms with Gasteiger partial charge in [-0.1, -0.05) is 12.1 Å². The zero-order valence-electron chi connectivity index (χ0n) is 17.1. The number of benzene rings is 1. The van der Waals surface area contributed by atoms with Gasteiger partial charge in [0, 0.05) is 18.6 Å². The highest BCUT2D eigenvalue weighted by Gasteiger charge is 2.26. The molecule has 0 aliphatic carbocycles. The van der Waals surface area contributed by atoms with Gasteiger partial charge in [0.05, 0.1) is 21.5 Å². The number of aryl methyl sites for hydroxylation is 1. The first-order chi connectivity index (χ1) is 14.1. The number of thiophene rings is 1. The molecule has 2 N–H and O–H groups in total. The molecule has 0 saturated heterocycles. The molecular formula is C22H25NO5S2. The minimum atomic E-state index is -3.30. The molecule has 0 radical (unpaired) electrons. The minimum Gasteiger partial charge on any atom is -0.481 e. The summed E-state index contributed by atoms with van der Waals surface area (Å²) in [7, 11) is -3.30. The van der Waals surface area contributed by atoms with E-state index in [-0.39, 0.29) is 11.5 Å². The molecule has 3 aromatic rings. The second-order valence-electron chi connectivity index (χ2n) is 7.42. The number of sulfone groups is 1. The van der Waals surface area contributed by atoms with Crippen molar-refractivity contribution < 1.29 is 23.4 Å². The molecule has 2 aromatic heterocycles. The Balaban J connectivity index is 2.19. The molecule has 0 fully saturated rings. The van der Waals surface area contributed by atoms with Crippen molar-refractivity contribution in [2.75, 3.05) is 12.9 Å². The smallest absolute Gasteiger partial charge is 0.311 e. The van der Waals surface area contributed by atoms with E-state index in [9.17, 15) is 23.4 Å². The predicted octanol–water partition coefficient (Wildman–Crippen LogP) is 4.17. The molecule has 6 nitrogen and oxygen atoms in total. The summed E-state index contributed by atoms with van der Waals surface area (Å²) in [4.78, 5) is 12.2. The van der Waals surface area contributed by atoms with Gasteiger partial charge in [-0.25, -0.2) is 8.42 Å². The van der Waals surface area contributed by atoms with Gasteiger partial charge in [-0.3, -0.25) is 4.79 Å². The summed E-state index contributed by atoms with van der Waals surface area (Å²) in [6.45, 7) is 3.84. The number of aliphatic carboxylic acids is 1. The number of rotatable bonds is 8. The van der Waals surface area contributed by atoms with Crippen molar-refractivity contribution in [3.63, 3.8) is 0 Å². The first-order valence-electron chi connectivity index (χ1n) is 9.55. The van der Waals surface area contributed by atoms with E-state index in [2.05, 4.69) is 0 Å². The van der Waals surface area contributed by atoms with Gasteiger partial charge < -0.3 is 14.8 Å². The number of aliphatic hydroxyl groups excluding tert-OH is 1. The maximum Gasteiger partial charge on any atom is 0.311 e. The molecule has 2 heterocycles. The second-order valence-corrected chi connectivity index (χ2v) is 10.3. The van der Waals surface area contributed by atoms with Crippen molar-refractivity contribution in [3.8, 4) is 16.3 Å². The zero-order chi connectivity index (χ0) is 22.1. The highest BCUT2D eigenvalue weighted by Crippen LogP contribution is 2.37. The highest BCUT2D eigenvalue weighted by molar-refractivity contribution is 7.90. The van der Waals surface area contributed by atoms with E-state index in [1.54, 1.807) is 35.6 Å². The van der Waals surface area contributed by atoms with Crippen LogP contribution < -0.4 is 0 Å². The average molecular weight is 448 g/mol. The Hall–Kier alpha value is -2.42. The fourth-order valence-corrected chi connectivity index (χ4v) is 5.19. The third-order valence-electron chi connectivity index (χ3n) is 5.13. The SMILES string of the molecule is Cc1csc(-n2c(-c3ccc(S(C)(=O)=O)cc3)cc(C(CCCO)C(=O)O)c2C)c1. The Bertz CT molecular complexity index is 1160. The third-order valence-corrected chi connectivity index (χ3v) is 7.29. The Morgan fingerprint density at radius 3 is 2.33 bits per heavy atom. The Kier molecular flexibility index (Phi) is 6.50. The summed E-state index contributed by atoms with van der Waals surface area (Å²) in [5.74, 6) is -1.65. The van der Waals surface area contributed by atoms with Crippen LogP contribution in [-0.4, -0.2) is 42.0 Å². The lowest BCUT2D eigenvalue weighted by molar-refractivity contribution is -0.139. The van der Waals surface area contributed by atoms with Crippen LogP contribution in [0.25, 0.3) is 16.3 Å². The summed E-state index contributed by atoms with van der Waals surface area (Å²) in [5.41, 5.74) is 4.24. The van der Waals surface area contributed by atoms with Crippen molar-refractivity contribution in [2.45, 2.75) is 37.5 Å². The largest absolute Gasteiger partial charge is 0.481 e. The molecule has 30 heavy (non-hydrogen) atoms. The van der Waals surface area contributed by atoms with Crippen LogP contribution in [0.3, 0.4) is 0 Å². The van der Waals surface area contributed by atoms with Crippen molar-refractivity contribution in [1.82, 2.24) is 4.57 Å². The number of nitrogens with zero attached hydrogens (tertiary/aromatic N) is 1. The van der Waals surface area contributed by atoms with E-state index in [0.29, 0.717) is 18.4 Å². The number of carbonyl (C=O) groups is 1. The van der Waals surface area contributed by atoms with Crippen LogP contribution in [0, 0.1) is 13.8 Å². The molecule has 3 rings (SSSR count). The first-order valence-corrected chi connectivity index (χ1v) is 12.3. The van der Waals surface area contributed by atoms with Crippen LogP contribution in [0.5, 0.6) is 0 Å². The molecule has 0 amide bonds. The molecular weight excluding hydrogens is 422 g/mol. The van der Waals surface area contributed by atoms with Crippen molar-refractivity contribution in [2.24, 2.45) is 0 Å². The maximum atomic E-state index is 12.0. The molecule has 1 atom stereocenters. The maximum absolute atomic E-state index is 12.0. The van der Waals surface area contributed by atoms with Gasteiger partial charge in [0.15, 0.2) is 9.84 Å². The van der Waals surface area contributed by atoms with Gasteiger partial charge in [0.1, 0.15) is 0 Å². The van der Waals surface area contributed by atoms with E-state index >= 15 is 0 Å². The number of aromatic nitrogens is 1. The van der Waals surface area contributed by atoms with Gasteiger partial charge >= 0.3 is 5.97 Å². The molecule has 0 spiro atoms. The summed E-state index contributed by atoms with van der Waals surface area (Å²) < 4.78 is 25.6. The molecule has 160 valence electrons. The molecule has 0 bridgehead atoms. The molecule has 1 unspecified atom stereocenters. The standard InChI is InChI=1S/C22H25NO5S2/c1-14-11-21(29-13-14)23-15(2)19(18(22(25)26)5-4-10-24)12-20(23)16-6-8-17(9-7-16)30(3,27)28/h6-9,11-13,18,24H,4-5,10H2,1-3H3,(H,25,26). The topological polar surface area (TPSA) is 96.6 Å². The lowest BCUT2D eigenvalue weighted by Gasteiger charge is -2.13. The van der Waals surface area contributed by atoms with E-state index < -0.39 is 21.7 Å². The monoisotopic (exact) mass is 447 g/mol. The van der Waals surface area contributed by atoms with E-state index in [1.807, 2.05) is 35.9 Å². The van der Waals surface area contributed by atoms with Gasteiger partial charge in [-0.2, -0.15) is 0 Å². The van der Waals surface area contributed by atoms with Gasteiger partial charge in [-0.05, 0) is 73.0 Å². The number of carboxylic acids is 1. The van der Waals surface area contributed by atoms with E-state index in [4.69, 9.17) is 0 Å². The number of aliphatic hydroxyl groups is 1. The first kappa shape index (κ1) is 22.3. The zero-order valence-corrected chi connectivity index (χ0v) is 18.8. The number of carboxylic acid groups (broad SMARTS) is 1. The van der Waals surface area contributed by atoms with Gasteiger partial charge in [0.25, 0.3) is 0 Å². The van der Waals surface area contributed by atoms with E-state index in [1.165, 1.54) is 6.26 Å². The van der Waals surface area contributed by atoms with Crippen LogP contribution in [-0.2, 0) is 14.6 Å². The number of hydrogen-bond donors (Lipinski definition) is 2. The third kappa shape index (κ3) is 4.50. The molecule has 0 aliphatic heterocycles. The van der Waals surface area contributed by atoms with Crippen LogP contribution in [0.15, 0.2) is 46.7 Å². The Morgan fingerprint density at radius 1 is 1.17 bits per heavy atom. The Morgan fingerprint density at radius 2 is 1.83 bits per heavy atom. The second kappa shape index (κ2) is 8.75. The summed E-state index contributed by atoms with van der Waals surface area (Å²) in [6.07, 6.45) is 1.91. The van der Waals surface area contributed by atoms with Gasteiger partial charge in [0.2, 0.25) is 0 Å². The van der Waals surface area contributed by atoms with Gasteiger partial charge in [-0.15, -0.1) is 11.3 Å². The molecule has 0 saturated carbocycles. The highest BCUT2D eigenvalue weighted by atomic mass is 32.2. The van der Waals surface area contributed by atoms with Crippen molar-refractivity contribution in [1.29, 1.82) is 0 Å². The van der Waals surface area contributed by atoms with Crippen LogP contribution >= 0.6 is 11.3 Å². The normalized spacial score (nSPS) is 12.8. The lowest BCUT2D eigenvalue weighted by Crippen LogP contribution is -2.13. The summed E-state index contributed by atoms with van der Waals surface area (Å²) in [6, 6.07) is 10.5. The summed E-state index contributed by atoms with van der Waals surface area (Å²) in [5, 5.41) is 22.0. The van der Waals surface area contributed by atoms with Crippen molar-refractivity contribution >= 4 is 27.1 Å². The van der Waals surface area contributed by atoms with Crippen molar-refractivity contribution in [3.05, 3.63) is 58.6 Å². The molecule has 0 aliphatic rings. The van der Waals surface area contributed by atoms with Crippen LogP contribution in [0.1, 0.15) is 35.6 Å². The van der Waals surface area contributed by atoms with Crippen LogP contribution in [0.2, 0.25) is 0 Å². The average Bonchev–Trinajstić information content (AvgIpc) is 3.25. The fourth-order valence-electron chi connectivity index (χ4n) is 3.59. The van der Waals surface area contributed by atoms with E-state index in [0.717, 1.165) is 27.5 Å². The molecule has 8 heteroatoms. The predicted molar refractivity (Wildman–Crippen MR) is 118 cm³/mol. The van der Waals surface area contributed by atoms with Crippen LogP contribution in [0.4, 0.5) is 0 Å². The summed E-state index contributed by atoms with van der Waals surface area (Å²) >= 11 is 1.56. The Labute approximate surface area is 180 Å². The number of hydrogen-bond acceptors (Lipinski definition) is 5. The molecule has 1 aromatic carbocycles. The quantitative estimate of drug-likeness (QED) is 0.540. The fraction of sp³-hybridized carbons (Fsp3) is 0.318. The minimum absolute atomic E-state index is 0.0620.